The summed E-state index contributed by atoms with van der Waals surface area (Å²) in [4.78, 5) is 37.1. The average Bonchev–Trinajstić information content (AvgIpc) is 3.06. The molecule has 27 heavy (non-hydrogen) atoms. The Hall–Kier alpha value is -2.70. The molecule has 0 radical (unpaired) electrons. The number of hydrogen-bond donors (Lipinski definition) is 0. The fraction of sp³-hybridized carbons (Fsp3) is 0.500. The Morgan fingerprint density at radius 2 is 1.93 bits per heavy atom. The molecule has 144 valence electrons. The fourth-order valence-electron chi connectivity index (χ4n) is 3.69. The van der Waals surface area contributed by atoms with Gasteiger partial charge >= 0.3 is 0 Å². The SMILES string of the molecule is CC(=O)N(CCn1ccnc1C)C1CCN(C(=O)c2ccnc(C)c2)CC1. The normalized spacial score (nSPS) is 15.0. The van der Waals surface area contributed by atoms with Gasteiger partial charge in [-0.25, -0.2) is 4.98 Å². The number of rotatable bonds is 5. The van der Waals surface area contributed by atoms with Gasteiger partial charge in [0.2, 0.25) is 5.91 Å². The Balaban J connectivity index is 1.58. The molecule has 1 aliphatic rings. The van der Waals surface area contributed by atoms with Crippen molar-refractivity contribution in [3.05, 3.63) is 47.8 Å². The summed E-state index contributed by atoms with van der Waals surface area (Å²) in [6.07, 6.45) is 6.99. The van der Waals surface area contributed by atoms with E-state index in [1.54, 1.807) is 25.4 Å². The van der Waals surface area contributed by atoms with Gasteiger partial charge < -0.3 is 14.4 Å². The Labute approximate surface area is 160 Å². The fourth-order valence-corrected chi connectivity index (χ4v) is 3.69. The summed E-state index contributed by atoms with van der Waals surface area (Å²) in [6.45, 7) is 8.20. The first-order valence-electron chi connectivity index (χ1n) is 9.42. The number of nitrogens with zero attached hydrogens (tertiary/aromatic N) is 5. The highest BCUT2D eigenvalue weighted by Crippen LogP contribution is 2.19. The van der Waals surface area contributed by atoms with E-state index in [0.29, 0.717) is 25.2 Å². The van der Waals surface area contributed by atoms with E-state index in [0.717, 1.165) is 30.9 Å². The molecule has 0 bridgehead atoms. The van der Waals surface area contributed by atoms with Crippen LogP contribution in [0.5, 0.6) is 0 Å². The smallest absolute Gasteiger partial charge is 0.253 e. The largest absolute Gasteiger partial charge is 0.338 e. The minimum Gasteiger partial charge on any atom is -0.338 e. The quantitative estimate of drug-likeness (QED) is 0.809. The molecule has 0 aromatic carbocycles. The van der Waals surface area contributed by atoms with E-state index in [1.165, 1.54) is 0 Å². The van der Waals surface area contributed by atoms with Gasteiger partial charge in [0.1, 0.15) is 5.82 Å². The highest BCUT2D eigenvalue weighted by Gasteiger charge is 2.28. The van der Waals surface area contributed by atoms with Crippen LogP contribution in [0.2, 0.25) is 0 Å². The molecule has 3 rings (SSSR count). The van der Waals surface area contributed by atoms with Crippen LogP contribution in [0.3, 0.4) is 0 Å². The summed E-state index contributed by atoms with van der Waals surface area (Å²) in [5.74, 6) is 1.08. The lowest BCUT2D eigenvalue weighted by molar-refractivity contribution is -0.132. The van der Waals surface area contributed by atoms with Crippen LogP contribution in [0, 0.1) is 13.8 Å². The summed E-state index contributed by atoms with van der Waals surface area (Å²) in [5, 5.41) is 0. The predicted molar refractivity (Wildman–Crippen MR) is 102 cm³/mol. The lowest BCUT2D eigenvalue weighted by Crippen LogP contribution is -2.49. The van der Waals surface area contributed by atoms with Crippen molar-refractivity contribution < 1.29 is 9.59 Å². The van der Waals surface area contributed by atoms with E-state index < -0.39 is 0 Å². The highest BCUT2D eigenvalue weighted by molar-refractivity contribution is 5.94. The molecule has 0 unspecified atom stereocenters. The molecular formula is C20H27N5O2. The van der Waals surface area contributed by atoms with Crippen molar-refractivity contribution in [1.29, 1.82) is 0 Å². The standard InChI is InChI=1S/C20H27N5O2/c1-15-14-18(4-7-21-15)20(27)24-9-5-19(6-10-24)25(17(3)26)13-12-23-11-8-22-16(23)2/h4,7-8,11,14,19H,5-6,9-10,12-13H2,1-3H3. The van der Waals surface area contributed by atoms with Gasteiger partial charge in [0, 0.05) is 69.0 Å². The van der Waals surface area contributed by atoms with E-state index in [2.05, 4.69) is 14.5 Å². The van der Waals surface area contributed by atoms with Crippen molar-refractivity contribution in [3.63, 3.8) is 0 Å². The number of likely N-dealkylation sites (tertiary alicyclic amines) is 1. The molecule has 0 spiro atoms. The van der Waals surface area contributed by atoms with Gasteiger partial charge in [0.25, 0.3) is 5.91 Å². The number of carbonyl (C=O) groups is 2. The van der Waals surface area contributed by atoms with Gasteiger partial charge in [-0.3, -0.25) is 14.6 Å². The van der Waals surface area contributed by atoms with E-state index in [-0.39, 0.29) is 17.9 Å². The summed E-state index contributed by atoms with van der Waals surface area (Å²) in [5.41, 5.74) is 1.52. The molecule has 1 saturated heterocycles. The third-order valence-electron chi connectivity index (χ3n) is 5.25. The molecule has 2 amide bonds. The molecule has 3 heterocycles. The van der Waals surface area contributed by atoms with Gasteiger partial charge in [0.15, 0.2) is 0 Å². The van der Waals surface area contributed by atoms with Crippen molar-refractivity contribution in [2.24, 2.45) is 0 Å². The van der Waals surface area contributed by atoms with Gasteiger partial charge in [-0.1, -0.05) is 0 Å². The van der Waals surface area contributed by atoms with Crippen LogP contribution in [0.1, 0.15) is 41.6 Å². The molecule has 7 heteroatoms. The van der Waals surface area contributed by atoms with Crippen LogP contribution in [-0.2, 0) is 11.3 Å². The number of imidazole rings is 1. The van der Waals surface area contributed by atoms with Crippen LogP contribution in [-0.4, -0.2) is 61.8 Å². The Morgan fingerprint density at radius 1 is 1.19 bits per heavy atom. The van der Waals surface area contributed by atoms with E-state index >= 15 is 0 Å². The van der Waals surface area contributed by atoms with Crippen molar-refractivity contribution in [2.45, 2.75) is 46.2 Å². The number of hydrogen-bond acceptors (Lipinski definition) is 4. The number of amides is 2. The Bertz CT molecular complexity index is 808. The monoisotopic (exact) mass is 369 g/mol. The summed E-state index contributed by atoms with van der Waals surface area (Å²) >= 11 is 0. The lowest BCUT2D eigenvalue weighted by atomic mass is 10.0. The second-order valence-electron chi connectivity index (χ2n) is 7.09. The lowest BCUT2D eigenvalue weighted by Gasteiger charge is -2.38. The summed E-state index contributed by atoms with van der Waals surface area (Å²) in [7, 11) is 0. The van der Waals surface area contributed by atoms with Crippen molar-refractivity contribution >= 4 is 11.8 Å². The number of piperidine rings is 1. The molecule has 0 aliphatic carbocycles. The Morgan fingerprint density at radius 3 is 2.52 bits per heavy atom. The molecule has 1 aliphatic heterocycles. The van der Waals surface area contributed by atoms with Crippen LogP contribution in [0.25, 0.3) is 0 Å². The first-order chi connectivity index (χ1) is 13.0. The van der Waals surface area contributed by atoms with Crippen molar-refractivity contribution in [2.75, 3.05) is 19.6 Å². The van der Waals surface area contributed by atoms with Crippen LogP contribution < -0.4 is 0 Å². The number of carbonyl (C=O) groups excluding carboxylic acids is 2. The Kier molecular flexibility index (Phi) is 5.88. The molecule has 2 aromatic rings. The predicted octanol–water partition coefficient (Wildman–Crippen LogP) is 2.05. The molecule has 7 nitrogen and oxygen atoms in total. The topological polar surface area (TPSA) is 71.3 Å². The van der Waals surface area contributed by atoms with Crippen LogP contribution >= 0.6 is 0 Å². The molecule has 0 saturated carbocycles. The minimum absolute atomic E-state index is 0.0439. The average molecular weight is 369 g/mol. The first kappa shape index (κ1) is 19.1. The maximum absolute atomic E-state index is 12.7. The summed E-state index contributed by atoms with van der Waals surface area (Å²) < 4.78 is 2.06. The third-order valence-corrected chi connectivity index (χ3v) is 5.25. The van der Waals surface area contributed by atoms with Gasteiger partial charge in [-0.05, 0) is 38.8 Å². The number of aryl methyl sites for hydroxylation is 2. The molecule has 0 atom stereocenters. The maximum Gasteiger partial charge on any atom is 0.253 e. The molecule has 0 N–H and O–H groups in total. The zero-order valence-electron chi connectivity index (χ0n) is 16.3. The molecular weight excluding hydrogens is 342 g/mol. The summed E-state index contributed by atoms with van der Waals surface area (Å²) in [6, 6.07) is 3.76. The third kappa shape index (κ3) is 4.53. The number of aromatic nitrogens is 3. The van der Waals surface area contributed by atoms with E-state index in [1.807, 2.05) is 35.9 Å². The van der Waals surface area contributed by atoms with Crippen molar-refractivity contribution in [3.8, 4) is 0 Å². The number of pyridine rings is 1. The zero-order valence-corrected chi connectivity index (χ0v) is 16.3. The van der Waals surface area contributed by atoms with Crippen molar-refractivity contribution in [1.82, 2.24) is 24.3 Å². The zero-order chi connectivity index (χ0) is 19.4. The molecule has 2 aromatic heterocycles. The first-order valence-corrected chi connectivity index (χ1v) is 9.42. The van der Waals surface area contributed by atoms with Crippen LogP contribution in [0.15, 0.2) is 30.7 Å². The van der Waals surface area contributed by atoms with Gasteiger partial charge in [0.05, 0.1) is 0 Å². The van der Waals surface area contributed by atoms with Crippen LogP contribution in [0.4, 0.5) is 0 Å². The second-order valence-corrected chi connectivity index (χ2v) is 7.09. The minimum atomic E-state index is 0.0439. The van der Waals surface area contributed by atoms with Gasteiger partial charge in [-0.2, -0.15) is 0 Å². The highest BCUT2D eigenvalue weighted by atomic mass is 16.2. The van der Waals surface area contributed by atoms with E-state index in [9.17, 15) is 9.59 Å². The molecule has 1 fully saturated rings. The van der Waals surface area contributed by atoms with E-state index in [4.69, 9.17) is 0 Å². The maximum atomic E-state index is 12.7. The second kappa shape index (κ2) is 8.33. The van der Waals surface area contributed by atoms with Gasteiger partial charge in [-0.15, -0.1) is 0 Å².